The molecule has 3 rings (SSSR count). The molecule has 0 atom stereocenters. The number of rotatable bonds is 0. The van der Waals surface area contributed by atoms with Crippen LogP contribution in [0.1, 0.15) is 44.9 Å². The summed E-state index contributed by atoms with van der Waals surface area (Å²) < 4.78 is 0. The first kappa shape index (κ1) is 10.5. The van der Waals surface area contributed by atoms with Gasteiger partial charge >= 0.3 is 0 Å². The van der Waals surface area contributed by atoms with E-state index in [1.54, 1.807) is 0 Å². The number of carbonyl (C=O) groups excluding carboxylic acids is 1. The smallest absolute Gasteiger partial charge is 0.241 e. The van der Waals surface area contributed by atoms with Crippen molar-refractivity contribution in [3.8, 4) is 0 Å². The zero-order valence-corrected chi connectivity index (χ0v) is 9.77. The molecule has 2 saturated heterocycles. The summed E-state index contributed by atoms with van der Waals surface area (Å²) in [5, 5.41) is 10.3. The third-order valence-electron chi connectivity index (χ3n) is 4.43. The molecule has 2 heterocycles. The molecule has 0 radical (unpaired) electrons. The van der Waals surface area contributed by atoms with E-state index in [1.165, 1.54) is 19.3 Å². The topological polar surface area (TPSA) is 53.2 Å². The quantitative estimate of drug-likeness (QED) is 0.560. The van der Waals surface area contributed by atoms with Crippen LogP contribution in [0.3, 0.4) is 0 Å². The molecule has 0 unspecified atom stereocenters. The second kappa shape index (κ2) is 3.70. The fourth-order valence-corrected chi connectivity index (χ4v) is 3.49. The zero-order valence-electron chi connectivity index (χ0n) is 9.77. The van der Waals surface area contributed by atoms with Gasteiger partial charge in [-0.3, -0.25) is 10.1 Å². The number of piperidine rings is 1. The Labute approximate surface area is 96.5 Å². The van der Waals surface area contributed by atoms with Gasteiger partial charge in [-0.1, -0.05) is 19.3 Å². The van der Waals surface area contributed by atoms with Crippen molar-refractivity contribution in [2.45, 2.75) is 56.1 Å². The molecule has 90 valence electrons. The Hall–Kier alpha value is -0.610. The van der Waals surface area contributed by atoms with Crippen molar-refractivity contribution in [1.82, 2.24) is 16.0 Å². The van der Waals surface area contributed by atoms with Crippen LogP contribution in [0, 0.1) is 0 Å². The Balaban J connectivity index is 1.80. The van der Waals surface area contributed by atoms with Gasteiger partial charge in [-0.15, -0.1) is 0 Å². The number of nitrogens with one attached hydrogen (secondary N) is 3. The average Bonchev–Trinajstić information content (AvgIpc) is 2.54. The van der Waals surface area contributed by atoms with Crippen LogP contribution in [-0.4, -0.2) is 30.2 Å². The monoisotopic (exact) mass is 223 g/mol. The van der Waals surface area contributed by atoms with Gasteiger partial charge in [-0.2, -0.15) is 0 Å². The van der Waals surface area contributed by atoms with Gasteiger partial charge in [0.25, 0.3) is 0 Å². The maximum Gasteiger partial charge on any atom is 0.241 e. The summed E-state index contributed by atoms with van der Waals surface area (Å²) >= 11 is 0. The van der Waals surface area contributed by atoms with Crippen LogP contribution < -0.4 is 16.0 Å². The molecule has 1 saturated carbocycles. The summed E-state index contributed by atoms with van der Waals surface area (Å²) in [6.45, 7) is 2.01. The van der Waals surface area contributed by atoms with Crippen LogP contribution in [0.15, 0.2) is 0 Å². The van der Waals surface area contributed by atoms with Crippen LogP contribution in [0.2, 0.25) is 0 Å². The number of carbonyl (C=O) groups is 1. The maximum atomic E-state index is 12.2. The van der Waals surface area contributed by atoms with E-state index < -0.39 is 0 Å². The normalized spacial score (nSPS) is 31.9. The minimum Gasteiger partial charge on any atom is -0.336 e. The van der Waals surface area contributed by atoms with E-state index in [2.05, 4.69) is 16.0 Å². The molecule has 1 amide bonds. The molecule has 3 aliphatic rings. The van der Waals surface area contributed by atoms with E-state index in [0.29, 0.717) is 0 Å². The van der Waals surface area contributed by atoms with Crippen molar-refractivity contribution in [2.75, 3.05) is 13.1 Å². The maximum absolute atomic E-state index is 12.2. The Kier molecular flexibility index (Phi) is 2.44. The molecule has 0 bridgehead atoms. The van der Waals surface area contributed by atoms with Gasteiger partial charge in [0.2, 0.25) is 5.91 Å². The average molecular weight is 223 g/mol. The van der Waals surface area contributed by atoms with Gasteiger partial charge in [0.15, 0.2) is 0 Å². The van der Waals surface area contributed by atoms with E-state index in [0.717, 1.165) is 38.8 Å². The van der Waals surface area contributed by atoms with Crippen LogP contribution in [0.25, 0.3) is 0 Å². The fraction of sp³-hybridized carbons (Fsp3) is 0.917. The van der Waals surface area contributed by atoms with Crippen molar-refractivity contribution < 1.29 is 4.79 Å². The van der Waals surface area contributed by atoms with Gasteiger partial charge in [0, 0.05) is 0 Å². The van der Waals surface area contributed by atoms with Crippen LogP contribution in [-0.2, 0) is 4.79 Å². The first-order chi connectivity index (χ1) is 7.75. The predicted octanol–water partition coefficient (Wildman–Crippen LogP) is 0.488. The second-order valence-electron chi connectivity index (χ2n) is 5.55. The lowest BCUT2D eigenvalue weighted by Gasteiger charge is -2.38. The largest absolute Gasteiger partial charge is 0.336 e. The van der Waals surface area contributed by atoms with E-state index in [4.69, 9.17) is 0 Å². The number of hydrogen-bond donors (Lipinski definition) is 3. The summed E-state index contributed by atoms with van der Waals surface area (Å²) in [5.41, 5.74) is -0.324. The predicted molar refractivity (Wildman–Crippen MR) is 61.9 cm³/mol. The van der Waals surface area contributed by atoms with Crippen molar-refractivity contribution in [2.24, 2.45) is 0 Å². The van der Waals surface area contributed by atoms with Crippen molar-refractivity contribution in [3.63, 3.8) is 0 Å². The van der Waals surface area contributed by atoms with Gasteiger partial charge < -0.3 is 10.6 Å². The molecule has 1 aliphatic carbocycles. The minimum absolute atomic E-state index is 0.0975. The lowest BCUT2D eigenvalue weighted by atomic mass is 9.81. The highest BCUT2D eigenvalue weighted by atomic mass is 16.2. The molecule has 3 N–H and O–H groups in total. The molecule has 0 aromatic heterocycles. The van der Waals surface area contributed by atoms with Gasteiger partial charge in [0.05, 0.1) is 11.2 Å². The van der Waals surface area contributed by atoms with E-state index in [-0.39, 0.29) is 17.1 Å². The number of amides is 1. The van der Waals surface area contributed by atoms with Crippen molar-refractivity contribution in [1.29, 1.82) is 0 Å². The molecule has 0 aromatic carbocycles. The molecule has 3 fully saturated rings. The van der Waals surface area contributed by atoms with Crippen LogP contribution in [0.5, 0.6) is 0 Å². The molecule has 4 heteroatoms. The SMILES string of the molecule is O=C1NC2(CCNCC2)NC12CCCCC2. The van der Waals surface area contributed by atoms with Crippen molar-refractivity contribution in [3.05, 3.63) is 0 Å². The van der Waals surface area contributed by atoms with E-state index in [9.17, 15) is 4.79 Å². The van der Waals surface area contributed by atoms with Crippen LogP contribution in [0.4, 0.5) is 0 Å². The highest BCUT2D eigenvalue weighted by Gasteiger charge is 2.53. The molecule has 16 heavy (non-hydrogen) atoms. The summed E-state index contributed by atoms with van der Waals surface area (Å²) in [6.07, 6.45) is 7.73. The molecule has 2 aliphatic heterocycles. The first-order valence-corrected chi connectivity index (χ1v) is 6.58. The van der Waals surface area contributed by atoms with E-state index in [1.807, 2.05) is 0 Å². The van der Waals surface area contributed by atoms with Crippen LogP contribution >= 0.6 is 0 Å². The Morgan fingerprint density at radius 3 is 2.31 bits per heavy atom. The lowest BCUT2D eigenvalue weighted by molar-refractivity contribution is -0.125. The molecule has 2 spiro atoms. The third kappa shape index (κ3) is 1.55. The second-order valence-corrected chi connectivity index (χ2v) is 5.55. The first-order valence-electron chi connectivity index (χ1n) is 6.58. The van der Waals surface area contributed by atoms with Gasteiger partial charge in [-0.05, 0) is 38.8 Å². The fourth-order valence-electron chi connectivity index (χ4n) is 3.49. The Morgan fingerprint density at radius 2 is 1.62 bits per heavy atom. The summed E-state index contributed by atoms with van der Waals surface area (Å²) in [5.74, 6) is 0.258. The van der Waals surface area contributed by atoms with Gasteiger partial charge in [0.1, 0.15) is 0 Å². The Bertz CT molecular complexity index is 291. The number of hydrogen-bond acceptors (Lipinski definition) is 3. The minimum atomic E-state index is -0.227. The molecular formula is C12H21N3O. The summed E-state index contributed by atoms with van der Waals surface area (Å²) in [7, 11) is 0. The zero-order chi connectivity index (χ0) is 11.1. The third-order valence-corrected chi connectivity index (χ3v) is 4.43. The summed E-state index contributed by atoms with van der Waals surface area (Å²) in [4.78, 5) is 12.2. The summed E-state index contributed by atoms with van der Waals surface area (Å²) in [6, 6.07) is 0. The van der Waals surface area contributed by atoms with Gasteiger partial charge in [-0.25, -0.2) is 0 Å². The Morgan fingerprint density at radius 1 is 0.938 bits per heavy atom. The molecule has 4 nitrogen and oxygen atoms in total. The standard InChI is InChI=1S/C12H21N3O/c16-10-11(4-2-1-3-5-11)15-12(14-10)6-8-13-9-7-12/h13,15H,1-9H2,(H,14,16). The lowest BCUT2D eigenvalue weighted by Crippen LogP contribution is -2.58. The molecule has 0 aromatic rings. The molecular weight excluding hydrogens is 202 g/mol. The highest BCUT2D eigenvalue weighted by molar-refractivity contribution is 5.89. The highest BCUT2D eigenvalue weighted by Crippen LogP contribution is 2.36. The van der Waals surface area contributed by atoms with E-state index >= 15 is 0 Å². The van der Waals surface area contributed by atoms with Crippen molar-refractivity contribution >= 4 is 5.91 Å².